The highest BCUT2D eigenvalue weighted by Gasteiger charge is 2.19. The van der Waals surface area contributed by atoms with Gasteiger partial charge in [-0.25, -0.2) is 0 Å². The summed E-state index contributed by atoms with van der Waals surface area (Å²) in [6, 6.07) is 10.1. The third-order valence-corrected chi connectivity index (χ3v) is 4.30. The van der Waals surface area contributed by atoms with E-state index in [2.05, 4.69) is 10.6 Å². The Hall–Kier alpha value is -1.84. The summed E-state index contributed by atoms with van der Waals surface area (Å²) in [4.78, 5) is 24.1. The SMILES string of the molecule is CCC(C(=O)NCCC(=O)NC1CCCC1)c1ccccc1. The van der Waals surface area contributed by atoms with Crippen LogP contribution < -0.4 is 10.6 Å². The number of carbonyl (C=O) groups is 2. The first-order valence-electron chi connectivity index (χ1n) is 8.32. The van der Waals surface area contributed by atoms with Gasteiger partial charge in [0.15, 0.2) is 0 Å². The molecule has 0 radical (unpaired) electrons. The Morgan fingerprint density at radius 2 is 1.86 bits per heavy atom. The maximum absolute atomic E-state index is 12.3. The third-order valence-electron chi connectivity index (χ3n) is 4.30. The lowest BCUT2D eigenvalue weighted by molar-refractivity contribution is -0.123. The molecule has 0 heterocycles. The summed E-state index contributed by atoms with van der Waals surface area (Å²) >= 11 is 0. The summed E-state index contributed by atoms with van der Waals surface area (Å²) in [6.07, 6.45) is 5.69. The Labute approximate surface area is 132 Å². The zero-order chi connectivity index (χ0) is 15.8. The molecule has 1 aromatic carbocycles. The van der Waals surface area contributed by atoms with Crippen LogP contribution in [-0.2, 0) is 9.59 Å². The lowest BCUT2D eigenvalue weighted by Crippen LogP contribution is -2.36. The summed E-state index contributed by atoms with van der Waals surface area (Å²) in [5.41, 5.74) is 1.03. The molecule has 22 heavy (non-hydrogen) atoms. The molecule has 0 saturated heterocycles. The maximum atomic E-state index is 12.3. The van der Waals surface area contributed by atoms with Crippen molar-refractivity contribution in [2.45, 2.75) is 57.4 Å². The quantitative estimate of drug-likeness (QED) is 0.813. The first-order chi connectivity index (χ1) is 10.7. The Morgan fingerprint density at radius 1 is 1.18 bits per heavy atom. The number of nitrogens with one attached hydrogen (secondary N) is 2. The molecule has 1 aliphatic carbocycles. The van der Waals surface area contributed by atoms with Gasteiger partial charge < -0.3 is 10.6 Å². The normalized spacial score (nSPS) is 16.2. The maximum Gasteiger partial charge on any atom is 0.227 e. The molecule has 1 aliphatic rings. The molecule has 4 nitrogen and oxygen atoms in total. The molecule has 0 spiro atoms. The van der Waals surface area contributed by atoms with E-state index in [1.54, 1.807) is 0 Å². The fourth-order valence-electron chi connectivity index (χ4n) is 3.05. The average molecular weight is 302 g/mol. The van der Waals surface area contributed by atoms with Gasteiger partial charge in [-0.05, 0) is 24.8 Å². The number of rotatable bonds is 7. The zero-order valence-electron chi connectivity index (χ0n) is 13.3. The minimum Gasteiger partial charge on any atom is -0.355 e. The Morgan fingerprint density at radius 3 is 2.50 bits per heavy atom. The lowest BCUT2D eigenvalue weighted by Gasteiger charge is -2.16. The number of hydrogen-bond acceptors (Lipinski definition) is 2. The minimum absolute atomic E-state index is 0.00219. The van der Waals surface area contributed by atoms with E-state index < -0.39 is 0 Å². The fourth-order valence-corrected chi connectivity index (χ4v) is 3.05. The van der Waals surface area contributed by atoms with Crippen LogP contribution in [0.15, 0.2) is 30.3 Å². The molecular weight excluding hydrogens is 276 g/mol. The molecular formula is C18H26N2O2. The summed E-state index contributed by atoms with van der Waals surface area (Å²) in [5.74, 6) is -0.0959. The second kappa shape index (κ2) is 8.57. The summed E-state index contributed by atoms with van der Waals surface area (Å²) < 4.78 is 0. The van der Waals surface area contributed by atoms with Crippen molar-refractivity contribution in [3.05, 3.63) is 35.9 Å². The molecule has 120 valence electrons. The first kappa shape index (κ1) is 16.5. The molecule has 0 bridgehead atoms. The third kappa shape index (κ3) is 4.86. The van der Waals surface area contributed by atoms with E-state index in [1.807, 2.05) is 37.3 Å². The van der Waals surface area contributed by atoms with Crippen LogP contribution in [0.5, 0.6) is 0 Å². The largest absolute Gasteiger partial charge is 0.355 e. The number of amides is 2. The van der Waals surface area contributed by atoms with E-state index in [1.165, 1.54) is 12.8 Å². The highest BCUT2D eigenvalue weighted by atomic mass is 16.2. The summed E-state index contributed by atoms with van der Waals surface area (Å²) in [5, 5.41) is 5.93. The van der Waals surface area contributed by atoms with Gasteiger partial charge in [-0.15, -0.1) is 0 Å². The highest BCUT2D eigenvalue weighted by molar-refractivity contribution is 5.84. The Kier molecular flexibility index (Phi) is 6.44. The molecule has 0 aliphatic heterocycles. The number of carbonyl (C=O) groups excluding carboxylic acids is 2. The molecule has 1 aromatic rings. The van der Waals surface area contributed by atoms with E-state index in [-0.39, 0.29) is 17.7 Å². The van der Waals surface area contributed by atoms with Crippen molar-refractivity contribution in [2.24, 2.45) is 0 Å². The van der Waals surface area contributed by atoms with Crippen molar-refractivity contribution >= 4 is 11.8 Å². The lowest BCUT2D eigenvalue weighted by atomic mass is 9.96. The molecule has 1 saturated carbocycles. The van der Waals surface area contributed by atoms with Gasteiger partial charge in [-0.3, -0.25) is 9.59 Å². The number of hydrogen-bond donors (Lipinski definition) is 2. The topological polar surface area (TPSA) is 58.2 Å². The van der Waals surface area contributed by atoms with E-state index >= 15 is 0 Å². The van der Waals surface area contributed by atoms with Gasteiger partial charge in [0.05, 0.1) is 5.92 Å². The van der Waals surface area contributed by atoms with Gasteiger partial charge in [0.25, 0.3) is 0 Å². The molecule has 2 N–H and O–H groups in total. The molecule has 1 atom stereocenters. The van der Waals surface area contributed by atoms with Crippen molar-refractivity contribution < 1.29 is 9.59 Å². The monoisotopic (exact) mass is 302 g/mol. The van der Waals surface area contributed by atoms with Crippen molar-refractivity contribution in [3.63, 3.8) is 0 Å². The van der Waals surface area contributed by atoms with Gasteiger partial charge in [-0.1, -0.05) is 50.1 Å². The second-order valence-electron chi connectivity index (χ2n) is 5.96. The van der Waals surface area contributed by atoms with Gasteiger partial charge in [0.1, 0.15) is 0 Å². The van der Waals surface area contributed by atoms with Crippen LogP contribution in [0.2, 0.25) is 0 Å². The van der Waals surface area contributed by atoms with Crippen LogP contribution in [0.1, 0.15) is 56.9 Å². The Balaban J connectivity index is 1.73. The average Bonchev–Trinajstić information content (AvgIpc) is 3.02. The molecule has 2 rings (SSSR count). The fraction of sp³-hybridized carbons (Fsp3) is 0.556. The van der Waals surface area contributed by atoms with Gasteiger partial charge in [0.2, 0.25) is 11.8 Å². The van der Waals surface area contributed by atoms with Gasteiger partial charge >= 0.3 is 0 Å². The molecule has 1 fully saturated rings. The summed E-state index contributed by atoms with van der Waals surface area (Å²) in [6.45, 7) is 2.41. The standard InChI is InChI=1S/C18H26N2O2/c1-2-16(14-8-4-3-5-9-14)18(22)19-13-12-17(21)20-15-10-6-7-11-15/h3-5,8-9,15-16H,2,6-7,10-13H2,1H3,(H,19,22)(H,20,21). The zero-order valence-corrected chi connectivity index (χ0v) is 13.3. The molecule has 0 aromatic heterocycles. The predicted molar refractivity (Wildman–Crippen MR) is 87.5 cm³/mol. The Bertz CT molecular complexity index is 481. The van der Waals surface area contributed by atoms with Crippen LogP contribution >= 0.6 is 0 Å². The van der Waals surface area contributed by atoms with E-state index in [9.17, 15) is 9.59 Å². The first-order valence-corrected chi connectivity index (χ1v) is 8.32. The molecule has 1 unspecified atom stereocenters. The van der Waals surface area contributed by atoms with Crippen LogP contribution in [0.3, 0.4) is 0 Å². The summed E-state index contributed by atoms with van der Waals surface area (Å²) in [7, 11) is 0. The minimum atomic E-state index is -0.140. The number of benzene rings is 1. The van der Waals surface area contributed by atoms with E-state index in [0.717, 1.165) is 24.8 Å². The smallest absolute Gasteiger partial charge is 0.227 e. The van der Waals surface area contributed by atoms with Crippen LogP contribution in [-0.4, -0.2) is 24.4 Å². The van der Waals surface area contributed by atoms with Crippen molar-refractivity contribution in [1.29, 1.82) is 0 Å². The van der Waals surface area contributed by atoms with Crippen molar-refractivity contribution in [1.82, 2.24) is 10.6 Å². The van der Waals surface area contributed by atoms with Gasteiger partial charge in [0, 0.05) is 19.0 Å². The van der Waals surface area contributed by atoms with Gasteiger partial charge in [-0.2, -0.15) is 0 Å². The molecule has 2 amide bonds. The van der Waals surface area contributed by atoms with E-state index in [4.69, 9.17) is 0 Å². The second-order valence-corrected chi connectivity index (χ2v) is 5.96. The van der Waals surface area contributed by atoms with Crippen molar-refractivity contribution in [2.75, 3.05) is 6.54 Å². The van der Waals surface area contributed by atoms with Crippen molar-refractivity contribution in [3.8, 4) is 0 Å². The predicted octanol–water partition coefficient (Wildman–Crippen LogP) is 2.75. The molecule has 4 heteroatoms. The van der Waals surface area contributed by atoms with Crippen LogP contribution in [0.25, 0.3) is 0 Å². The van der Waals surface area contributed by atoms with Crippen LogP contribution in [0, 0.1) is 0 Å². The highest BCUT2D eigenvalue weighted by Crippen LogP contribution is 2.19. The van der Waals surface area contributed by atoms with E-state index in [0.29, 0.717) is 19.0 Å². The van der Waals surface area contributed by atoms with Crippen LogP contribution in [0.4, 0.5) is 0 Å².